The van der Waals surface area contributed by atoms with Crippen molar-refractivity contribution in [3.63, 3.8) is 0 Å². The molecule has 4 heterocycles. The summed E-state index contributed by atoms with van der Waals surface area (Å²) >= 11 is 0. The Morgan fingerprint density at radius 2 is 1.81 bits per heavy atom. The average Bonchev–Trinajstić information content (AvgIpc) is 3.04. The van der Waals surface area contributed by atoms with Crippen LogP contribution in [0.25, 0.3) is 0 Å². The minimum atomic E-state index is -0.395. The van der Waals surface area contributed by atoms with Crippen LogP contribution in [0.4, 0.5) is 5.69 Å². The zero-order valence-corrected chi connectivity index (χ0v) is 18.8. The number of piperidine rings is 1. The summed E-state index contributed by atoms with van der Waals surface area (Å²) in [5.41, 5.74) is 3.69. The summed E-state index contributed by atoms with van der Waals surface area (Å²) in [7, 11) is 0. The van der Waals surface area contributed by atoms with E-state index in [1.165, 1.54) is 12.1 Å². The number of fused-ring (bicyclic) bond motifs is 1. The number of hydrogen-bond acceptors (Lipinski definition) is 5. The van der Waals surface area contributed by atoms with E-state index < -0.39 is 6.04 Å². The Morgan fingerprint density at radius 3 is 2.42 bits per heavy atom. The first-order chi connectivity index (χ1) is 15.0. The molecule has 0 saturated carbocycles. The van der Waals surface area contributed by atoms with E-state index in [1.54, 1.807) is 4.90 Å². The van der Waals surface area contributed by atoms with Crippen molar-refractivity contribution in [2.75, 3.05) is 44.2 Å². The van der Waals surface area contributed by atoms with Crippen molar-refractivity contribution in [2.24, 2.45) is 0 Å². The highest BCUT2D eigenvalue weighted by molar-refractivity contribution is 6.01. The number of benzene rings is 1. The van der Waals surface area contributed by atoms with Gasteiger partial charge in [0.15, 0.2) is 0 Å². The molecule has 1 unspecified atom stereocenters. The van der Waals surface area contributed by atoms with Gasteiger partial charge in [-0.3, -0.25) is 14.5 Å². The van der Waals surface area contributed by atoms with Crippen LogP contribution >= 0.6 is 0 Å². The lowest BCUT2D eigenvalue weighted by molar-refractivity contribution is -0.126. The molecule has 0 spiro atoms. The van der Waals surface area contributed by atoms with E-state index in [1.807, 2.05) is 6.07 Å². The van der Waals surface area contributed by atoms with Gasteiger partial charge >= 0.3 is 0 Å². The third kappa shape index (κ3) is 4.48. The highest BCUT2D eigenvalue weighted by atomic mass is 16.2. The minimum absolute atomic E-state index is 0.0310. The summed E-state index contributed by atoms with van der Waals surface area (Å²) in [6, 6.07) is 6.45. The summed E-state index contributed by atoms with van der Waals surface area (Å²) < 4.78 is 0. The molecule has 0 aromatic heterocycles. The van der Waals surface area contributed by atoms with Crippen molar-refractivity contribution < 1.29 is 9.59 Å². The van der Waals surface area contributed by atoms with Crippen LogP contribution in [0.1, 0.15) is 49.0 Å². The maximum Gasteiger partial charge on any atom is 0.255 e. The number of nitrogens with one attached hydrogen (secondary N) is 2. The molecule has 7 nitrogen and oxygen atoms in total. The van der Waals surface area contributed by atoms with Gasteiger partial charge < -0.3 is 20.4 Å². The maximum absolute atomic E-state index is 12.9. The third-order valence-corrected chi connectivity index (χ3v) is 6.57. The van der Waals surface area contributed by atoms with Crippen LogP contribution in [0, 0.1) is 0 Å². The summed E-state index contributed by atoms with van der Waals surface area (Å²) in [5.74, 6) is -0.143. The van der Waals surface area contributed by atoms with Gasteiger partial charge in [0.2, 0.25) is 5.91 Å². The van der Waals surface area contributed by atoms with Crippen molar-refractivity contribution >= 4 is 17.5 Å². The van der Waals surface area contributed by atoms with Gasteiger partial charge in [0.1, 0.15) is 6.04 Å². The molecule has 4 aliphatic heterocycles. The normalized spacial score (nSPS) is 24.3. The zero-order chi connectivity index (χ0) is 22.0. The van der Waals surface area contributed by atoms with Gasteiger partial charge in [-0.1, -0.05) is 26.8 Å². The molecule has 4 aliphatic rings. The number of piperazine rings is 1. The molecule has 31 heavy (non-hydrogen) atoms. The first kappa shape index (κ1) is 21.8. The van der Waals surface area contributed by atoms with Gasteiger partial charge in [0.05, 0.1) is 0 Å². The van der Waals surface area contributed by atoms with Crippen LogP contribution < -0.4 is 15.5 Å². The number of hydrogen-bond donors (Lipinski definition) is 2. The number of amides is 2. The maximum atomic E-state index is 12.9. The fourth-order valence-corrected chi connectivity index (χ4v) is 4.71. The smallest absolute Gasteiger partial charge is 0.255 e. The second-order valence-corrected chi connectivity index (χ2v) is 8.96. The molecule has 3 fully saturated rings. The third-order valence-electron chi connectivity index (χ3n) is 6.57. The van der Waals surface area contributed by atoms with Crippen molar-refractivity contribution in [3.8, 4) is 0 Å². The molecule has 3 saturated heterocycles. The highest BCUT2D eigenvalue weighted by Gasteiger charge is 2.38. The Bertz CT molecular complexity index is 842. The predicted molar refractivity (Wildman–Crippen MR) is 123 cm³/mol. The molecular weight excluding hydrogens is 390 g/mol. The quantitative estimate of drug-likeness (QED) is 0.775. The van der Waals surface area contributed by atoms with E-state index >= 15 is 0 Å². The summed E-state index contributed by atoms with van der Waals surface area (Å²) in [6.45, 7) is 15.0. The number of nitrogens with zero attached hydrogens (tertiary/aromatic N) is 3. The number of carbonyl (C=O) groups is 2. The Labute approximate surface area is 185 Å². The molecule has 168 valence electrons. The van der Waals surface area contributed by atoms with Crippen LogP contribution in [-0.4, -0.2) is 73.0 Å². The second-order valence-electron chi connectivity index (χ2n) is 8.96. The largest absolute Gasteiger partial charge is 0.369 e. The van der Waals surface area contributed by atoms with Gasteiger partial charge in [0.25, 0.3) is 5.91 Å². The van der Waals surface area contributed by atoms with Crippen molar-refractivity contribution in [1.82, 2.24) is 20.4 Å². The lowest BCUT2D eigenvalue weighted by Gasteiger charge is -2.44. The molecule has 1 aromatic rings. The van der Waals surface area contributed by atoms with Crippen molar-refractivity contribution in [2.45, 2.75) is 51.7 Å². The number of rotatable bonds is 3. The minimum Gasteiger partial charge on any atom is -0.369 e. The highest BCUT2D eigenvalue weighted by Crippen LogP contribution is 2.31. The van der Waals surface area contributed by atoms with Gasteiger partial charge in [-0.05, 0) is 36.6 Å². The Balaban J connectivity index is 0.000000730. The lowest BCUT2D eigenvalue weighted by Crippen LogP contribution is -2.61. The van der Waals surface area contributed by atoms with E-state index in [0.717, 1.165) is 62.5 Å². The molecule has 0 aliphatic carbocycles. The Hall–Kier alpha value is -2.38. The Kier molecular flexibility index (Phi) is 6.62. The van der Waals surface area contributed by atoms with Gasteiger partial charge in [-0.25, -0.2) is 0 Å². The number of anilines is 1. The van der Waals surface area contributed by atoms with E-state index in [9.17, 15) is 9.59 Å². The molecule has 2 N–H and O–H groups in total. The Morgan fingerprint density at radius 1 is 1.10 bits per heavy atom. The van der Waals surface area contributed by atoms with Crippen LogP contribution in [0.3, 0.4) is 0 Å². The zero-order valence-electron chi connectivity index (χ0n) is 18.8. The molecule has 1 aromatic carbocycles. The van der Waals surface area contributed by atoms with Crippen LogP contribution in [0.2, 0.25) is 0 Å². The van der Waals surface area contributed by atoms with E-state index in [-0.39, 0.29) is 11.8 Å². The standard InChI is InChI=1S/C21H27N5O2.C3H8/c1-14-2-5-19(20(27)23-14)26-13-15-10-16(3-4-18(15)21(26)28)24-6-8-25(9-7-24)17-11-22-12-17;1-3-2/h3-4,10,17,19,22H,1-2,5-9,11-13H2,(H,23,27);3H2,1-2H3. The molecule has 5 rings (SSSR count). The van der Waals surface area contributed by atoms with Gasteiger partial charge in [-0.15, -0.1) is 0 Å². The van der Waals surface area contributed by atoms with Crippen LogP contribution in [0.15, 0.2) is 30.5 Å². The average molecular weight is 426 g/mol. The number of carbonyl (C=O) groups excluding carboxylic acids is 2. The van der Waals surface area contributed by atoms with E-state index in [2.05, 4.69) is 53.0 Å². The van der Waals surface area contributed by atoms with Gasteiger partial charge in [-0.2, -0.15) is 0 Å². The van der Waals surface area contributed by atoms with E-state index in [4.69, 9.17) is 0 Å². The van der Waals surface area contributed by atoms with Gasteiger partial charge in [0, 0.05) is 68.8 Å². The molecule has 0 bridgehead atoms. The fourth-order valence-electron chi connectivity index (χ4n) is 4.71. The predicted octanol–water partition coefficient (Wildman–Crippen LogP) is 1.94. The first-order valence-corrected chi connectivity index (χ1v) is 11.6. The molecular formula is C24H35N5O2. The molecule has 7 heteroatoms. The molecule has 1 atom stereocenters. The summed E-state index contributed by atoms with van der Waals surface area (Å²) in [5, 5.41) is 6.14. The fraction of sp³-hybridized carbons (Fsp3) is 0.583. The number of allylic oxidation sites excluding steroid dienone is 1. The van der Waals surface area contributed by atoms with Crippen LogP contribution in [-0.2, 0) is 11.3 Å². The molecule has 0 radical (unpaired) electrons. The van der Waals surface area contributed by atoms with Crippen molar-refractivity contribution in [3.05, 3.63) is 41.6 Å². The van der Waals surface area contributed by atoms with E-state index in [0.29, 0.717) is 19.0 Å². The second kappa shape index (κ2) is 9.40. The lowest BCUT2D eigenvalue weighted by atomic mass is 10.0. The SMILES string of the molecule is C=C1CCC(N2Cc3cc(N4CCN(C5CNC5)CC4)ccc3C2=O)C(=O)N1.CCC. The molecule has 2 amide bonds. The van der Waals surface area contributed by atoms with Crippen LogP contribution in [0.5, 0.6) is 0 Å². The topological polar surface area (TPSA) is 67.9 Å². The monoisotopic (exact) mass is 425 g/mol. The summed E-state index contributed by atoms with van der Waals surface area (Å²) in [4.78, 5) is 31.9. The van der Waals surface area contributed by atoms with Crippen molar-refractivity contribution in [1.29, 1.82) is 0 Å². The summed E-state index contributed by atoms with van der Waals surface area (Å²) in [6.07, 6.45) is 2.62. The first-order valence-electron chi connectivity index (χ1n) is 11.6.